The molecule has 1 aliphatic rings. The number of carbonyl (C=O) groups is 2. The van der Waals surface area contributed by atoms with E-state index in [1.54, 1.807) is 17.0 Å². The normalized spacial score (nSPS) is 14.3. The molecule has 4 rings (SSSR count). The molecular weight excluding hydrogens is 396 g/mol. The van der Waals surface area contributed by atoms with Crippen molar-refractivity contribution in [3.05, 3.63) is 70.6 Å². The van der Waals surface area contributed by atoms with Crippen LogP contribution in [-0.2, 0) is 0 Å². The number of rotatable bonds is 3. The number of piperidine rings is 1. The van der Waals surface area contributed by atoms with Gasteiger partial charge in [-0.3, -0.25) is 0 Å². The van der Waals surface area contributed by atoms with Crippen LogP contribution in [-0.4, -0.2) is 36.1 Å². The van der Waals surface area contributed by atoms with Crippen molar-refractivity contribution in [2.75, 3.05) is 23.7 Å². The molecule has 4 amide bonds. The number of carbonyl (C=O) groups excluding carboxylic acids is 2. The second-order valence-electron chi connectivity index (χ2n) is 7.62. The van der Waals surface area contributed by atoms with Crippen LogP contribution in [0, 0.1) is 6.92 Å². The molecule has 3 N–H and O–H groups in total. The van der Waals surface area contributed by atoms with E-state index in [9.17, 15) is 14.4 Å². The number of hydrogen-bond acceptors (Lipinski definition) is 4. The van der Waals surface area contributed by atoms with Gasteiger partial charge in [0.1, 0.15) is 5.58 Å². The Kier molecular flexibility index (Phi) is 5.88. The molecule has 31 heavy (non-hydrogen) atoms. The van der Waals surface area contributed by atoms with E-state index >= 15 is 0 Å². The summed E-state index contributed by atoms with van der Waals surface area (Å²) in [5.74, 6) is 0. The van der Waals surface area contributed by atoms with Crippen molar-refractivity contribution in [3.8, 4) is 0 Å². The van der Waals surface area contributed by atoms with Crippen LogP contribution >= 0.6 is 0 Å². The van der Waals surface area contributed by atoms with Gasteiger partial charge in [-0.15, -0.1) is 0 Å². The van der Waals surface area contributed by atoms with Gasteiger partial charge in [-0.05, 0) is 49.6 Å². The fourth-order valence-corrected chi connectivity index (χ4v) is 3.71. The second-order valence-corrected chi connectivity index (χ2v) is 7.62. The number of benzene rings is 2. The van der Waals surface area contributed by atoms with Gasteiger partial charge in [0.2, 0.25) is 0 Å². The quantitative estimate of drug-likeness (QED) is 0.559. The number of anilines is 2. The highest BCUT2D eigenvalue weighted by Gasteiger charge is 2.24. The summed E-state index contributed by atoms with van der Waals surface area (Å²) < 4.78 is 5.24. The Morgan fingerprint density at radius 3 is 2.45 bits per heavy atom. The van der Waals surface area contributed by atoms with E-state index in [2.05, 4.69) is 16.0 Å². The zero-order valence-corrected chi connectivity index (χ0v) is 17.2. The van der Waals surface area contributed by atoms with Gasteiger partial charge in [0.05, 0.1) is 0 Å². The first-order chi connectivity index (χ1) is 15.0. The van der Waals surface area contributed by atoms with Crippen LogP contribution in [0.25, 0.3) is 11.0 Å². The van der Waals surface area contributed by atoms with Crippen LogP contribution in [0.5, 0.6) is 0 Å². The van der Waals surface area contributed by atoms with Crippen molar-refractivity contribution >= 4 is 34.4 Å². The molecule has 1 saturated heterocycles. The number of nitrogens with one attached hydrogen (secondary N) is 3. The Hall–Kier alpha value is -3.81. The molecule has 160 valence electrons. The van der Waals surface area contributed by atoms with Gasteiger partial charge in [0.15, 0.2) is 0 Å². The number of urea groups is 2. The van der Waals surface area contributed by atoms with E-state index in [1.807, 2.05) is 43.3 Å². The first-order valence-electron chi connectivity index (χ1n) is 10.2. The lowest BCUT2D eigenvalue weighted by Gasteiger charge is -2.32. The van der Waals surface area contributed by atoms with E-state index in [1.165, 1.54) is 6.07 Å². The van der Waals surface area contributed by atoms with Gasteiger partial charge in [0.25, 0.3) is 0 Å². The molecule has 0 radical (unpaired) electrons. The zero-order valence-electron chi connectivity index (χ0n) is 17.2. The van der Waals surface area contributed by atoms with Gasteiger partial charge >= 0.3 is 17.7 Å². The third-order valence-corrected chi connectivity index (χ3v) is 5.35. The molecule has 2 heterocycles. The van der Waals surface area contributed by atoms with Gasteiger partial charge in [-0.25, -0.2) is 14.4 Å². The molecular formula is C23H24N4O4. The Labute approximate surface area is 179 Å². The smallest absolute Gasteiger partial charge is 0.336 e. The molecule has 3 aromatic rings. The summed E-state index contributed by atoms with van der Waals surface area (Å²) in [4.78, 5) is 38.1. The monoisotopic (exact) mass is 420 g/mol. The van der Waals surface area contributed by atoms with Gasteiger partial charge in [-0.1, -0.05) is 18.2 Å². The summed E-state index contributed by atoms with van der Waals surface area (Å²) >= 11 is 0. The number of likely N-dealkylation sites (tertiary alicyclic amines) is 1. The number of hydrogen-bond donors (Lipinski definition) is 3. The maximum atomic E-state index is 12.6. The Morgan fingerprint density at radius 1 is 0.968 bits per heavy atom. The Balaban J connectivity index is 1.30. The minimum absolute atomic E-state index is 0.00526. The molecule has 0 atom stereocenters. The molecule has 0 saturated carbocycles. The van der Waals surface area contributed by atoms with Gasteiger partial charge < -0.3 is 25.3 Å². The molecule has 0 bridgehead atoms. The molecule has 0 spiro atoms. The topological polar surface area (TPSA) is 104 Å². The SMILES string of the molecule is Cc1cc(=O)oc2cc(NC(=O)N3CCC(NC(=O)Nc4ccccc4)CC3)ccc12. The average molecular weight is 420 g/mol. The summed E-state index contributed by atoms with van der Waals surface area (Å²) in [6.45, 7) is 2.91. The van der Waals surface area contributed by atoms with Crippen LogP contribution in [0.3, 0.4) is 0 Å². The van der Waals surface area contributed by atoms with Crippen LogP contribution in [0.2, 0.25) is 0 Å². The highest BCUT2D eigenvalue weighted by atomic mass is 16.4. The predicted octanol–water partition coefficient (Wildman–Crippen LogP) is 3.92. The molecule has 0 unspecified atom stereocenters. The second kappa shape index (κ2) is 8.91. The maximum absolute atomic E-state index is 12.6. The lowest BCUT2D eigenvalue weighted by atomic mass is 10.1. The van der Waals surface area contributed by atoms with Crippen molar-refractivity contribution in [3.63, 3.8) is 0 Å². The fourth-order valence-electron chi connectivity index (χ4n) is 3.71. The Bertz CT molecular complexity index is 1150. The summed E-state index contributed by atoms with van der Waals surface area (Å²) in [6.07, 6.45) is 1.34. The van der Waals surface area contributed by atoms with E-state index in [-0.39, 0.29) is 18.1 Å². The van der Waals surface area contributed by atoms with Crippen LogP contribution in [0.4, 0.5) is 21.0 Å². The van der Waals surface area contributed by atoms with Crippen LogP contribution in [0.1, 0.15) is 18.4 Å². The highest BCUT2D eigenvalue weighted by molar-refractivity contribution is 5.93. The van der Waals surface area contributed by atoms with E-state index in [0.29, 0.717) is 37.2 Å². The fraction of sp³-hybridized carbons (Fsp3) is 0.261. The number of fused-ring (bicyclic) bond motifs is 1. The molecule has 8 nitrogen and oxygen atoms in total. The number of nitrogens with zero attached hydrogens (tertiary/aromatic N) is 1. The largest absolute Gasteiger partial charge is 0.423 e. The predicted molar refractivity (Wildman–Crippen MR) is 119 cm³/mol. The van der Waals surface area contributed by atoms with E-state index < -0.39 is 5.63 Å². The minimum Gasteiger partial charge on any atom is -0.423 e. The number of amides is 4. The van der Waals surface area contributed by atoms with Crippen molar-refractivity contribution in [1.29, 1.82) is 0 Å². The maximum Gasteiger partial charge on any atom is 0.336 e. The first kappa shape index (κ1) is 20.5. The molecule has 8 heteroatoms. The summed E-state index contributed by atoms with van der Waals surface area (Å²) in [7, 11) is 0. The molecule has 1 aromatic heterocycles. The number of para-hydroxylation sites is 1. The molecule has 1 aliphatic heterocycles. The summed E-state index contributed by atoms with van der Waals surface area (Å²) in [5.41, 5.74) is 2.15. The third kappa shape index (κ3) is 5.03. The van der Waals surface area contributed by atoms with E-state index in [4.69, 9.17) is 4.42 Å². The summed E-state index contributed by atoms with van der Waals surface area (Å²) in [5, 5.41) is 9.45. The standard InChI is InChI=1S/C23H24N4O4/c1-15-13-21(28)31-20-14-18(7-8-19(15)20)26-23(30)27-11-9-17(10-12-27)25-22(29)24-16-5-3-2-4-6-16/h2-8,13-14,17H,9-12H2,1H3,(H,26,30)(H2,24,25,29). The minimum atomic E-state index is -0.417. The van der Waals surface area contributed by atoms with Crippen LogP contribution < -0.4 is 21.6 Å². The Morgan fingerprint density at radius 2 is 1.71 bits per heavy atom. The first-order valence-corrected chi connectivity index (χ1v) is 10.2. The zero-order chi connectivity index (χ0) is 21.8. The molecule has 1 fully saturated rings. The van der Waals surface area contributed by atoms with Gasteiger partial charge in [0, 0.05) is 48.0 Å². The van der Waals surface area contributed by atoms with Gasteiger partial charge in [-0.2, -0.15) is 0 Å². The van der Waals surface area contributed by atoms with E-state index in [0.717, 1.165) is 16.6 Å². The lowest BCUT2D eigenvalue weighted by Crippen LogP contribution is -2.48. The van der Waals surface area contributed by atoms with Crippen molar-refractivity contribution in [1.82, 2.24) is 10.2 Å². The van der Waals surface area contributed by atoms with Crippen molar-refractivity contribution < 1.29 is 14.0 Å². The lowest BCUT2D eigenvalue weighted by molar-refractivity contribution is 0.189. The summed E-state index contributed by atoms with van der Waals surface area (Å²) in [6, 6.07) is 15.5. The highest BCUT2D eigenvalue weighted by Crippen LogP contribution is 2.21. The van der Waals surface area contributed by atoms with Crippen molar-refractivity contribution in [2.24, 2.45) is 0 Å². The average Bonchev–Trinajstić information content (AvgIpc) is 2.74. The van der Waals surface area contributed by atoms with Crippen LogP contribution in [0.15, 0.2) is 63.8 Å². The number of aryl methyl sites for hydroxylation is 1. The molecule has 2 aromatic carbocycles. The van der Waals surface area contributed by atoms with Crippen molar-refractivity contribution in [2.45, 2.75) is 25.8 Å². The third-order valence-electron chi connectivity index (χ3n) is 5.35. The molecule has 0 aliphatic carbocycles.